The zero-order valence-electron chi connectivity index (χ0n) is 16.6. The molecule has 0 bridgehead atoms. The second-order valence-corrected chi connectivity index (χ2v) is 8.92. The fraction of sp³-hybridized carbons (Fsp3) is 0.300. The Labute approximate surface area is 173 Å². The Morgan fingerprint density at radius 1 is 1.07 bits per heavy atom. The van der Waals surface area contributed by atoms with E-state index in [1.54, 1.807) is 42.3 Å². The number of aromatic nitrogens is 1. The summed E-state index contributed by atoms with van der Waals surface area (Å²) in [6, 6.07) is 11.2. The molecule has 0 spiro atoms. The van der Waals surface area contributed by atoms with Gasteiger partial charge in [0.05, 0.1) is 17.5 Å². The molecule has 0 radical (unpaired) electrons. The van der Waals surface area contributed by atoms with E-state index in [-0.39, 0.29) is 42.6 Å². The van der Waals surface area contributed by atoms with Gasteiger partial charge < -0.3 is 14.1 Å². The number of oxazole rings is 1. The predicted molar refractivity (Wildman–Crippen MR) is 109 cm³/mol. The number of hydrogen-bond donors (Lipinski definition) is 0. The SMILES string of the molecule is COc1cccc(C(=O)N2CCN(S(=O)(=O)c3ccc4c(c3)oc(=O)n4C)CC2)c1. The first kappa shape index (κ1) is 20.2. The van der Waals surface area contributed by atoms with Crippen molar-refractivity contribution in [2.75, 3.05) is 33.3 Å². The Bertz CT molecular complexity index is 1270. The molecule has 1 amide bonds. The standard InChI is InChI=1S/C20H21N3O6S/c1-21-17-7-6-16(13-18(17)29-20(21)25)30(26,27)23-10-8-22(9-11-23)19(24)14-4-3-5-15(12-14)28-2/h3-7,12-13H,8-11H2,1-2H3. The minimum absolute atomic E-state index is 0.0527. The summed E-state index contributed by atoms with van der Waals surface area (Å²) in [5.74, 6) is -0.132. The quantitative estimate of drug-likeness (QED) is 0.617. The van der Waals surface area contributed by atoms with Crippen molar-refractivity contribution >= 4 is 27.0 Å². The zero-order valence-corrected chi connectivity index (χ0v) is 17.4. The van der Waals surface area contributed by atoms with Crippen LogP contribution in [0.15, 0.2) is 56.6 Å². The van der Waals surface area contributed by atoms with Crippen molar-refractivity contribution in [2.24, 2.45) is 7.05 Å². The first-order chi connectivity index (χ1) is 14.3. The van der Waals surface area contributed by atoms with Crippen LogP contribution < -0.4 is 10.5 Å². The number of hydrogen-bond acceptors (Lipinski definition) is 6. The van der Waals surface area contributed by atoms with Crippen molar-refractivity contribution in [1.82, 2.24) is 13.8 Å². The molecule has 9 nitrogen and oxygen atoms in total. The maximum absolute atomic E-state index is 13.0. The van der Waals surface area contributed by atoms with Gasteiger partial charge >= 0.3 is 5.76 Å². The lowest BCUT2D eigenvalue weighted by molar-refractivity contribution is 0.0697. The molecular weight excluding hydrogens is 410 g/mol. The maximum atomic E-state index is 13.0. The zero-order chi connectivity index (χ0) is 21.5. The predicted octanol–water partition coefficient (Wildman–Crippen LogP) is 1.29. The topological polar surface area (TPSA) is 102 Å². The van der Waals surface area contributed by atoms with Crippen LogP contribution in [0.1, 0.15) is 10.4 Å². The van der Waals surface area contributed by atoms with E-state index in [4.69, 9.17) is 9.15 Å². The van der Waals surface area contributed by atoms with Gasteiger partial charge in [-0.15, -0.1) is 0 Å². The number of sulfonamides is 1. The normalized spacial score (nSPS) is 15.5. The second-order valence-electron chi connectivity index (χ2n) is 6.98. The van der Waals surface area contributed by atoms with Gasteiger partial charge in [-0.3, -0.25) is 9.36 Å². The monoisotopic (exact) mass is 431 g/mol. The summed E-state index contributed by atoms with van der Waals surface area (Å²) < 4.78 is 39.0. The highest BCUT2D eigenvalue weighted by Crippen LogP contribution is 2.23. The first-order valence-corrected chi connectivity index (χ1v) is 10.8. The van der Waals surface area contributed by atoms with E-state index in [0.717, 1.165) is 0 Å². The van der Waals surface area contributed by atoms with E-state index in [1.807, 2.05) is 0 Å². The lowest BCUT2D eigenvalue weighted by atomic mass is 10.1. The fourth-order valence-electron chi connectivity index (χ4n) is 3.49. The summed E-state index contributed by atoms with van der Waals surface area (Å²) in [5.41, 5.74) is 1.23. The van der Waals surface area contributed by atoms with E-state index in [0.29, 0.717) is 16.8 Å². The minimum atomic E-state index is -3.78. The van der Waals surface area contributed by atoms with E-state index in [2.05, 4.69) is 0 Å². The van der Waals surface area contributed by atoms with Gasteiger partial charge in [0, 0.05) is 44.9 Å². The maximum Gasteiger partial charge on any atom is 0.419 e. The van der Waals surface area contributed by atoms with Gasteiger partial charge in [0.1, 0.15) is 5.75 Å². The van der Waals surface area contributed by atoms with E-state index < -0.39 is 15.8 Å². The number of carbonyl (C=O) groups excluding carboxylic acids is 1. The molecular formula is C20H21N3O6S. The van der Waals surface area contributed by atoms with E-state index >= 15 is 0 Å². The van der Waals surface area contributed by atoms with Crippen LogP contribution >= 0.6 is 0 Å². The van der Waals surface area contributed by atoms with Gasteiger partial charge in [-0.1, -0.05) is 6.07 Å². The van der Waals surface area contributed by atoms with Crippen molar-refractivity contribution in [3.8, 4) is 5.75 Å². The molecule has 1 aliphatic rings. The van der Waals surface area contributed by atoms with Crippen LogP contribution in [-0.2, 0) is 17.1 Å². The highest BCUT2D eigenvalue weighted by Gasteiger charge is 2.31. The van der Waals surface area contributed by atoms with Crippen LogP contribution in [0.25, 0.3) is 11.1 Å². The van der Waals surface area contributed by atoms with Crippen LogP contribution in [-0.4, -0.2) is 61.4 Å². The largest absolute Gasteiger partial charge is 0.497 e. The highest BCUT2D eigenvalue weighted by atomic mass is 32.2. The Morgan fingerprint density at radius 2 is 1.80 bits per heavy atom. The molecule has 30 heavy (non-hydrogen) atoms. The molecule has 0 unspecified atom stereocenters. The van der Waals surface area contributed by atoms with E-state index in [1.165, 1.54) is 28.1 Å². The van der Waals surface area contributed by atoms with Gasteiger partial charge in [-0.05, 0) is 30.3 Å². The van der Waals surface area contributed by atoms with Gasteiger partial charge in [-0.2, -0.15) is 4.31 Å². The third kappa shape index (κ3) is 3.48. The van der Waals surface area contributed by atoms with Crippen molar-refractivity contribution < 1.29 is 22.4 Å². The summed E-state index contributed by atoms with van der Waals surface area (Å²) in [7, 11) is -0.688. The van der Waals surface area contributed by atoms with Crippen molar-refractivity contribution in [3.05, 3.63) is 58.6 Å². The van der Waals surface area contributed by atoms with Gasteiger partial charge in [0.15, 0.2) is 5.58 Å². The third-order valence-corrected chi connectivity index (χ3v) is 7.14. The van der Waals surface area contributed by atoms with Gasteiger partial charge in [0.25, 0.3) is 5.91 Å². The average Bonchev–Trinajstić information content (AvgIpc) is 3.06. The van der Waals surface area contributed by atoms with Crippen LogP contribution in [0.3, 0.4) is 0 Å². The number of benzene rings is 2. The van der Waals surface area contributed by atoms with Crippen LogP contribution in [0.4, 0.5) is 0 Å². The molecule has 0 saturated carbocycles. The highest BCUT2D eigenvalue weighted by molar-refractivity contribution is 7.89. The number of aryl methyl sites for hydroxylation is 1. The Morgan fingerprint density at radius 3 is 2.50 bits per heavy atom. The third-order valence-electron chi connectivity index (χ3n) is 5.24. The molecule has 3 aromatic rings. The molecule has 2 aromatic carbocycles. The number of ether oxygens (including phenoxy) is 1. The summed E-state index contributed by atoms with van der Waals surface area (Å²) >= 11 is 0. The van der Waals surface area contributed by atoms with Crippen molar-refractivity contribution in [2.45, 2.75) is 4.90 Å². The lowest BCUT2D eigenvalue weighted by Crippen LogP contribution is -2.50. The molecule has 1 fully saturated rings. The number of nitrogens with zero attached hydrogens (tertiary/aromatic N) is 3. The van der Waals surface area contributed by atoms with E-state index in [9.17, 15) is 18.0 Å². The first-order valence-electron chi connectivity index (χ1n) is 9.34. The Kier molecular flexibility index (Phi) is 5.12. The molecule has 0 N–H and O–H groups in total. The summed E-state index contributed by atoms with van der Waals surface area (Å²) in [5, 5.41) is 0. The van der Waals surface area contributed by atoms with Crippen LogP contribution in [0.5, 0.6) is 5.75 Å². The molecule has 158 valence electrons. The number of piperazine rings is 1. The van der Waals surface area contributed by atoms with Gasteiger partial charge in [-0.25, -0.2) is 13.2 Å². The number of methoxy groups -OCH3 is 1. The minimum Gasteiger partial charge on any atom is -0.497 e. The fourth-order valence-corrected chi connectivity index (χ4v) is 4.93. The number of rotatable bonds is 4. The molecule has 0 atom stereocenters. The average molecular weight is 431 g/mol. The molecule has 2 heterocycles. The second kappa shape index (κ2) is 7.62. The van der Waals surface area contributed by atoms with Crippen LogP contribution in [0.2, 0.25) is 0 Å². The Balaban J connectivity index is 1.50. The summed E-state index contributed by atoms with van der Waals surface area (Å²) in [6.45, 7) is 0.902. The van der Waals surface area contributed by atoms with Gasteiger partial charge in [0.2, 0.25) is 10.0 Å². The number of fused-ring (bicyclic) bond motifs is 1. The molecule has 4 rings (SSSR count). The molecule has 10 heteroatoms. The molecule has 1 aliphatic heterocycles. The van der Waals surface area contributed by atoms with Crippen molar-refractivity contribution in [1.29, 1.82) is 0 Å². The smallest absolute Gasteiger partial charge is 0.419 e. The summed E-state index contributed by atoms with van der Waals surface area (Å²) in [6.07, 6.45) is 0. The molecule has 0 aliphatic carbocycles. The Hall–Kier alpha value is -3.11. The summed E-state index contributed by atoms with van der Waals surface area (Å²) in [4.78, 5) is 26.1. The molecule has 1 saturated heterocycles. The van der Waals surface area contributed by atoms with Crippen LogP contribution in [0, 0.1) is 0 Å². The lowest BCUT2D eigenvalue weighted by Gasteiger charge is -2.34. The van der Waals surface area contributed by atoms with Crippen molar-refractivity contribution in [3.63, 3.8) is 0 Å². The number of amides is 1. The molecule has 1 aromatic heterocycles. The number of carbonyl (C=O) groups is 1.